The Balaban J connectivity index is 1.05. The SMILES string of the molecule is CC(C)(C)C(=O)OCOP(=O)(OCOC(=O)C(C)(C)C)C(F)(F)c1ccc2sc(C(=O)N[C@H]3C[C@@H]4C[C@@H]4C[C@H]4CC[C@@H](C(=O)N[C@@H]5CCN(c6cccnc6)C5)N4C3=O)cc2c1. The predicted octanol–water partition coefficient (Wildman–Crippen LogP) is 6.95. The van der Waals surface area contributed by atoms with Gasteiger partial charge in [0.15, 0.2) is 0 Å². The number of thiophene rings is 1. The zero-order valence-corrected chi connectivity index (χ0v) is 37.4. The molecular weight excluding hydrogens is 848 g/mol. The van der Waals surface area contributed by atoms with Gasteiger partial charge in [-0.05, 0) is 128 Å². The van der Waals surface area contributed by atoms with E-state index >= 15 is 8.78 Å². The zero-order valence-electron chi connectivity index (χ0n) is 35.7. The second kappa shape index (κ2) is 17.6. The number of nitrogens with one attached hydrogen (secondary N) is 2. The molecule has 2 aromatic heterocycles. The van der Waals surface area contributed by atoms with Gasteiger partial charge in [-0.25, -0.2) is 0 Å². The van der Waals surface area contributed by atoms with Crippen molar-refractivity contribution < 1.29 is 55.8 Å². The molecule has 1 aromatic carbocycles. The number of fused-ring (bicyclic) bond motifs is 3. The average Bonchev–Trinajstić information content (AvgIpc) is 3.55. The van der Waals surface area contributed by atoms with Gasteiger partial charge in [-0.1, -0.05) is 6.07 Å². The number of benzene rings is 1. The van der Waals surface area contributed by atoms with Gasteiger partial charge in [0.1, 0.15) is 12.1 Å². The molecular formula is C43H54F2N5O10PS. The fourth-order valence-electron chi connectivity index (χ4n) is 8.26. The number of esters is 2. The third kappa shape index (κ3) is 9.83. The first-order valence-electron chi connectivity index (χ1n) is 20.9. The molecule has 4 fully saturated rings. The van der Waals surface area contributed by atoms with Crippen LogP contribution in [0.4, 0.5) is 14.5 Å². The highest BCUT2D eigenvalue weighted by molar-refractivity contribution is 7.54. The number of aromatic nitrogens is 1. The molecule has 336 valence electrons. The van der Waals surface area contributed by atoms with Gasteiger partial charge in [-0.2, -0.15) is 8.78 Å². The van der Waals surface area contributed by atoms with E-state index in [4.69, 9.17) is 18.5 Å². The van der Waals surface area contributed by atoms with Gasteiger partial charge in [0, 0.05) is 41.6 Å². The van der Waals surface area contributed by atoms with E-state index in [0.29, 0.717) is 36.4 Å². The summed E-state index contributed by atoms with van der Waals surface area (Å²) in [6, 6.07) is 6.86. The maximum absolute atomic E-state index is 16.3. The number of carbonyl (C=O) groups excluding carboxylic acids is 5. The van der Waals surface area contributed by atoms with Gasteiger partial charge < -0.3 is 29.9 Å². The molecule has 3 amide bonds. The Morgan fingerprint density at radius 2 is 1.56 bits per heavy atom. The molecule has 3 saturated heterocycles. The molecule has 1 saturated carbocycles. The van der Waals surface area contributed by atoms with Crippen molar-refractivity contribution in [2.45, 2.75) is 110 Å². The summed E-state index contributed by atoms with van der Waals surface area (Å²) in [7, 11) is -5.58. The molecule has 6 atom stereocenters. The third-order valence-electron chi connectivity index (χ3n) is 11.9. The summed E-state index contributed by atoms with van der Waals surface area (Å²) in [5, 5.41) is 6.31. The molecule has 0 bridgehead atoms. The van der Waals surface area contributed by atoms with Crippen LogP contribution in [0.3, 0.4) is 0 Å². The lowest BCUT2D eigenvalue weighted by Crippen LogP contribution is -2.57. The first-order valence-corrected chi connectivity index (χ1v) is 23.2. The number of hydrogen-bond donors (Lipinski definition) is 2. The van der Waals surface area contributed by atoms with Crippen molar-refractivity contribution in [1.82, 2.24) is 20.5 Å². The summed E-state index contributed by atoms with van der Waals surface area (Å²) in [4.78, 5) is 74.9. The Morgan fingerprint density at radius 1 is 0.887 bits per heavy atom. The van der Waals surface area contributed by atoms with Crippen LogP contribution in [0.5, 0.6) is 0 Å². The second-order valence-corrected chi connectivity index (χ2v) is 21.8. The molecule has 19 heteroatoms. The number of rotatable bonds is 13. The van der Waals surface area contributed by atoms with E-state index in [1.54, 1.807) is 17.3 Å². The van der Waals surface area contributed by atoms with E-state index in [0.717, 1.165) is 55.0 Å². The highest BCUT2D eigenvalue weighted by Gasteiger charge is 2.56. The second-order valence-electron chi connectivity index (χ2n) is 18.7. The summed E-state index contributed by atoms with van der Waals surface area (Å²) in [5.74, 6) is -2.06. The standard InChI is InChI=1S/C43H54F2N5O10PS/c1-41(2,3)39(54)57-23-59-61(56,60-24-58-40(55)42(4,5)6)43(44,45)28-9-12-34-27(17-28)20-35(62-34)37(52)48-32-19-26-16-25(26)18-30-10-11-33(50(30)38(32)53)36(51)47-29-13-15-49(22-29)31-8-7-14-46-21-31/h7-9,12,14,17,20-21,25-26,29-30,32-33H,10-11,13,15-16,18-19,22-24H2,1-6H3,(H,47,51)(H,48,52)/t25-,26+,29-,30-,32+,33+/m1/s1. The molecule has 1 aliphatic carbocycles. The minimum absolute atomic E-state index is 0.0911. The zero-order chi connectivity index (χ0) is 44.8. The van der Waals surface area contributed by atoms with Gasteiger partial charge >= 0.3 is 25.2 Å². The number of nitrogens with zero attached hydrogens (tertiary/aromatic N) is 3. The monoisotopic (exact) mass is 901 g/mol. The Morgan fingerprint density at radius 3 is 2.21 bits per heavy atom. The van der Waals surface area contributed by atoms with Gasteiger partial charge in [-0.15, -0.1) is 11.3 Å². The predicted molar refractivity (Wildman–Crippen MR) is 225 cm³/mol. The van der Waals surface area contributed by atoms with Crippen molar-refractivity contribution in [2.75, 3.05) is 31.6 Å². The van der Waals surface area contributed by atoms with Crippen LogP contribution in [0.2, 0.25) is 0 Å². The first-order chi connectivity index (χ1) is 29.1. The molecule has 0 unspecified atom stereocenters. The van der Waals surface area contributed by atoms with Crippen molar-refractivity contribution in [3.05, 3.63) is 59.2 Å². The van der Waals surface area contributed by atoms with Crippen molar-refractivity contribution >= 4 is 64.4 Å². The molecule has 5 heterocycles. The van der Waals surface area contributed by atoms with Crippen LogP contribution in [-0.4, -0.2) is 90.4 Å². The Labute approximate surface area is 363 Å². The van der Waals surface area contributed by atoms with E-state index < -0.39 is 73.2 Å². The summed E-state index contributed by atoms with van der Waals surface area (Å²) in [6.45, 7) is 8.30. The molecule has 15 nitrogen and oxygen atoms in total. The molecule has 0 spiro atoms. The fraction of sp³-hybridized carbons (Fsp3) is 0.581. The fourth-order valence-corrected chi connectivity index (χ4v) is 10.4. The van der Waals surface area contributed by atoms with E-state index in [1.807, 2.05) is 12.1 Å². The highest BCUT2D eigenvalue weighted by atomic mass is 32.1. The van der Waals surface area contributed by atoms with E-state index in [-0.39, 0.29) is 40.1 Å². The molecule has 7 rings (SSSR count). The van der Waals surface area contributed by atoms with Crippen LogP contribution in [-0.2, 0) is 47.9 Å². The smallest absolute Gasteiger partial charge is 0.410 e. The number of halogens is 2. The maximum atomic E-state index is 16.3. The largest absolute Gasteiger partial charge is 0.438 e. The number of carbonyl (C=O) groups is 5. The summed E-state index contributed by atoms with van der Waals surface area (Å²) in [5.41, 5.74) is -6.22. The van der Waals surface area contributed by atoms with Crippen LogP contribution in [0.1, 0.15) is 95.3 Å². The topological polar surface area (TPSA) is 183 Å². The van der Waals surface area contributed by atoms with E-state index in [1.165, 1.54) is 53.7 Å². The van der Waals surface area contributed by atoms with Crippen molar-refractivity contribution in [3.8, 4) is 0 Å². The van der Waals surface area contributed by atoms with Crippen LogP contribution < -0.4 is 15.5 Å². The van der Waals surface area contributed by atoms with E-state index in [9.17, 15) is 28.5 Å². The third-order valence-corrected chi connectivity index (χ3v) is 14.8. The Bertz CT molecular complexity index is 2210. The van der Waals surface area contributed by atoms with Gasteiger partial charge in [0.05, 0.1) is 27.6 Å². The summed E-state index contributed by atoms with van der Waals surface area (Å²) >= 11 is 1.02. The average molecular weight is 902 g/mol. The van der Waals surface area contributed by atoms with Crippen LogP contribution >= 0.6 is 18.9 Å². The normalized spacial score (nSPS) is 24.2. The number of amides is 3. The minimum Gasteiger partial charge on any atom is -0.438 e. The number of alkyl halides is 2. The number of hydrogen-bond acceptors (Lipinski definition) is 13. The highest BCUT2D eigenvalue weighted by Crippen LogP contribution is 2.67. The summed E-state index contributed by atoms with van der Waals surface area (Å²) < 4.78 is 66.9. The number of pyridine rings is 1. The quantitative estimate of drug-likeness (QED) is 0.103. The summed E-state index contributed by atoms with van der Waals surface area (Å²) in [6.07, 6.45) is 7.64. The van der Waals surface area contributed by atoms with Gasteiger partial charge in [-0.3, -0.25) is 42.6 Å². The number of anilines is 1. The van der Waals surface area contributed by atoms with Crippen molar-refractivity contribution in [2.24, 2.45) is 22.7 Å². The Hall–Kier alpha value is -4.51. The Kier molecular flexibility index (Phi) is 12.9. The lowest BCUT2D eigenvalue weighted by Gasteiger charge is -2.35. The molecule has 62 heavy (non-hydrogen) atoms. The van der Waals surface area contributed by atoms with Gasteiger partial charge in [0.2, 0.25) is 25.4 Å². The van der Waals surface area contributed by atoms with Crippen LogP contribution in [0, 0.1) is 22.7 Å². The van der Waals surface area contributed by atoms with Crippen molar-refractivity contribution in [1.29, 1.82) is 0 Å². The van der Waals surface area contributed by atoms with Crippen molar-refractivity contribution in [3.63, 3.8) is 0 Å². The number of ether oxygens (including phenoxy) is 2. The molecule has 3 aliphatic heterocycles. The lowest BCUT2D eigenvalue weighted by molar-refractivity contribution is -0.163. The van der Waals surface area contributed by atoms with E-state index in [2.05, 4.69) is 20.5 Å². The maximum Gasteiger partial charge on any atom is 0.410 e. The van der Waals surface area contributed by atoms with Crippen LogP contribution in [0.25, 0.3) is 10.1 Å². The molecule has 0 radical (unpaired) electrons. The van der Waals surface area contributed by atoms with Gasteiger partial charge in [0.25, 0.3) is 5.91 Å². The molecule has 2 N–H and O–H groups in total. The lowest BCUT2D eigenvalue weighted by atomic mass is 9.98. The van der Waals surface area contributed by atoms with Crippen LogP contribution in [0.15, 0.2) is 48.8 Å². The molecule has 3 aromatic rings. The first kappa shape index (κ1) is 45.5. The minimum atomic E-state index is -5.58. The molecule has 4 aliphatic rings.